The standard InChI is InChI=1S/C24H24N2O6/c1-2-11-31-23(29)25-15-12-21(22(27)28)26(13-15)24(30)32-14-20-18-9-5-3-7-16(18)17-8-4-6-10-19(17)20/h2-10,15,20-21H,1,11-14H2,(H,25,29)(H,27,28)/t15-,21-/m1/s1. The summed E-state index contributed by atoms with van der Waals surface area (Å²) in [5.74, 6) is -1.28. The van der Waals surface area contributed by atoms with Crippen LogP contribution in [0.25, 0.3) is 11.1 Å². The van der Waals surface area contributed by atoms with Crippen LogP contribution < -0.4 is 5.32 Å². The quantitative estimate of drug-likeness (QED) is 0.673. The number of likely N-dealkylation sites (tertiary alicyclic amines) is 1. The fourth-order valence-corrected chi connectivity index (χ4v) is 4.40. The van der Waals surface area contributed by atoms with Crippen molar-refractivity contribution in [1.29, 1.82) is 0 Å². The molecule has 2 aliphatic rings. The normalized spacial score (nSPS) is 19.1. The van der Waals surface area contributed by atoms with Gasteiger partial charge in [-0.1, -0.05) is 61.2 Å². The second-order valence-electron chi connectivity index (χ2n) is 7.77. The van der Waals surface area contributed by atoms with Gasteiger partial charge in [0.15, 0.2) is 0 Å². The first-order valence-corrected chi connectivity index (χ1v) is 10.4. The number of nitrogens with one attached hydrogen (secondary N) is 1. The minimum absolute atomic E-state index is 0.0246. The van der Waals surface area contributed by atoms with Gasteiger partial charge in [0, 0.05) is 18.9 Å². The molecule has 1 heterocycles. The van der Waals surface area contributed by atoms with Crippen molar-refractivity contribution in [3.8, 4) is 11.1 Å². The Hall–Kier alpha value is -3.81. The Morgan fingerprint density at radius 2 is 1.69 bits per heavy atom. The number of hydrogen-bond donors (Lipinski definition) is 2. The molecule has 2 atom stereocenters. The fraction of sp³-hybridized carbons (Fsp3) is 0.292. The lowest BCUT2D eigenvalue weighted by molar-refractivity contribution is -0.141. The molecule has 4 rings (SSSR count). The molecule has 32 heavy (non-hydrogen) atoms. The van der Waals surface area contributed by atoms with E-state index in [1.165, 1.54) is 6.08 Å². The number of amides is 2. The van der Waals surface area contributed by atoms with Crippen LogP contribution in [0.1, 0.15) is 23.5 Å². The molecule has 2 amide bonds. The van der Waals surface area contributed by atoms with Gasteiger partial charge >= 0.3 is 18.2 Å². The van der Waals surface area contributed by atoms with E-state index in [4.69, 9.17) is 9.47 Å². The minimum Gasteiger partial charge on any atom is -0.480 e. The minimum atomic E-state index is -1.15. The van der Waals surface area contributed by atoms with E-state index in [9.17, 15) is 19.5 Å². The fourth-order valence-electron chi connectivity index (χ4n) is 4.40. The van der Waals surface area contributed by atoms with E-state index in [2.05, 4.69) is 11.9 Å². The zero-order valence-electron chi connectivity index (χ0n) is 17.4. The van der Waals surface area contributed by atoms with Gasteiger partial charge in [0.2, 0.25) is 0 Å². The van der Waals surface area contributed by atoms with E-state index in [1.54, 1.807) is 0 Å². The Morgan fingerprint density at radius 3 is 2.28 bits per heavy atom. The lowest BCUT2D eigenvalue weighted by Crippen LogP contribution is -2.42. The molecular weight excluding hydrogens is 412 g/mol. The van der Waals surface area contributed by atoms with E-state index in [1.807, 2.05) is 48.5 Å². The summed E-state index contributed by atoms with van der Waals surface area (Å²) < 4.78 is 10.5. The first-order valence-electron chi connectivity index (χ1n) is 10.4. The monoisotopic (exact) mass is 436 g/mol. The molecule has 2 N–H and O–H groups in total. The molecule has 8 heteroatoms. The van der Waals surface area contributed by atoms with Crippen molar-refractivity contribution in [1.82, 2.24) is 10.2 Å². The van der Waals surface area contributed by atoms with Crippen molar-refractivity contribution in [2.45, 2.75) is 24.4 Å². The molecule has 0 saturated carbocycles. The number of carboxylic acid groups (broad SMARTS) is 1. The molecule has 2 aromatic carbocycles. The number of benzene rings is 2. The highest BCUT2D eigenvalue weighted by Gasteiger charge is 2.42. The second-order valence-corrected chi connectivity index (χ2v) is 7.77. The summed E-state index contributed by atoms with van der Waals surface area (Å²) >= 11 is 0. The Labute approximate surface area is 185 Å². The summed E-state index contributed by atoms with van der Waals surface area (Å²) in [6.45, 7) is 3.62. The van der Waals surface area contributed by atoms with Gasteiger partial charge in [-0.3, -0.25) is 4.90 Å². The van der Waals surface area contributed by atoms with E-state index in [0.29, 0.717) is 0 Å². The zero-order chi connectivity index (χ0) is 22.7. The van der Waals surface area contributed by atoms with Crippen molar-refractivity contribution in [3.63, 3.8) is 0 Å². The van der Waals surface area contributed by atoms with Crippen molar-refractivity contribution in [2.75, 3.05) is 19.8 Å². The average Bonchev–Trinajstić information content (AvgIpc) is 3.36. The van der Waals surface area contributed by atoms with E-state index >= 15 is 0 Å². The predicted molar refractivity (Wildman–Crippen MR) is 116 cm³/mol. The topological polar surface area (TPSA) is 105 Å². The van der Waals surface area contributed by atoms with Gasteiger partial charge in [-0.25, -0.2) is 14.4 Å². The predicted octanol–water partition coefficient (Wildman–Crippen LogP) is 3.38. The Kier molecular flexibility index (Phi) is 6.11. The van der Waals surface area contributed by atoms with Crippen LogP contribution in [0.15, 0.2) is 61.2 Å². The van der Waals surface area contributed by atoms with Crippen LogP contribution in [-0.2, 0) is 14.3 Å². The van der Waals surface area contributed by atoms with Crippen LogP contribution in [0.5, 0.6) is 0 Å². The molecule has 1 saturated heterocycles. The molecule has 0 unspecified atom stereocenters. The van der Waals surface area contributed by atoms with Crippen molar-refractivity contribution >= 4 is 18.2 Å². The van der Waals surface area contributed by atoms with Crippen molar-refractivity contribution in [3.05, 3.63) is 72.3 Å². The number of ether oxygens (including phenoxy) is 2. The molecule has 0 aromatic heterocycles. The van der Waals surface area contributed by atoms with Crippen LogP contribution in [0.2, 0.25) is 0 Å². The summed E-state index contributed by atoms with van der Waals surface area (Å²) in [7, 11) is 0. The van der Waals surface area contributed by atoms with E-state index < -0.39 is 30.2 Å². The van der Waals surface area contributed by atoms with Gasteiger partial charge in [0.25, 0.3) is 0 Å². The number of alkyl carbamates (subject to hydrolysis) is 1. The second kappa shape index (κ2) is 9.13. The van der Waals surface area contributed by atoms with Gasteiger partial charge in [-0.05, 0) is 22.3 Å². The Morgan fingerprint density at radius 1 is 1.06 bits per heavy atom. The first-order chi connectivity index (χ1) is 15.5. The molecule has 1 aliphatic carbocycles. The van der Waals surface area contributed by atoms with E-state index in [0.717, 1.165) is 27.2 Å². The van der Waals surface area contributed by atoms with Gasteiger partial charge in [0.05, 0.1) is 6.04 Å². The molecule has 8 nitrogen and oxygen atoms in total. The average molecular weight is 436 g/mol. The number of nitrogens with zero attached hydrogens (tertiary/aromatic N) is 1. The highest BCUT2D eigenvalue weighted by atomic mass is 16.6. The maximum Gasteiger partial charge on any atom is 0.410 e. The number of rotatable bonds is 6. The number of carbonyl (C=O) groups excluding carboxylic acids is 2. The summed E-state index contributed by atoms with van der Waals surface area (Å²) in [6.07, 6.45) is 0.0939. The number of carbonyl (C=O) groups is 3. The van der Waals surface area contributed by atoms with Crippen molar-refractivity contribution < 1.29 is 29.0 Å². The van der Waals surface area contributed by atoms with Crippen LogP contribution in [-0.4, -0.2) is 60.0 Å². The molecule has 0 spiro atoms. The molecule has 166 valence electrons. The number of fused-ring (bicyclic) bond motifs is 3. The molecule has 0 radical (unpaired) electrons. The van der Waals surface area contributed by atoms with Gasteiger partial charge in [-0.2, -0.15) is 0 Å². The first kappa shape index (κ1) is 21.4. The highest BCUT2D eigenvalue weighted by molar-refractivity contribution is 5.82. The van der Waals surface area contributed by atoms with Crippen molar-refractivity contribution in [2.24, 2.45) is 0 Å². The third-order valence-corrected chi connectivity index (χ3v) is 5.81. The maximum atomic E-state index is 12.8. The molecule has 2 aromatic rings. The zero-order valence-corrected chi connectivity index (χ0v) is 17.4. The van der Waals surface area contributed by atoms with E-state index in [-0.39, 0.29) is 32.1 Å². The molecule has 1 fully saturated rings. The summed E-state index contributed by atoms with van der Waals surface area (Å²) in [5.41, 5.74) is 4.36. The van der Waals surface area contributed by atoms with Crippen LogP contribution in [0.4, 0.5) is 9.59 Å². The third-order valence-electron chi connectivity index (χ3n) is 5.81. The van der Waals surface area contributed by atoms with Crippen LogP contribution in [0.3, 0.4) is 0 Å². The van der Waals surface area contributed by atoms with Gasteiger partial charge in [-0.15, -0.1) is 0 Å². The summed E-state index contributed by atoms with van der Waals surface area (Å²) in [4.78, 5) is 37.5. The van der Waals surface area contributed by atoms with Gasteiger partial charge < -0.3 is 19.9 Å². The maximum absolute atomic E-state index is 12.8. The number of hydrogen-bond acceptors (Lipinski definition) is 5. The lowest BCUT2D eigenvalue weighted by Gasteiger charge is -2.22. The van der Waals surface area contributed by atoms with Crippen LogP contribution in [0, 0.1) is 0 Å². The molecule has 1 aliphatic heterocycles. The molecular formula is C24H24N2O6. The van der Waals surface area contributed by atoms with Crippen LogP contribution >= 0.6 is 0 Å². The highest BCUT2D eigenvalue weighted by Crippen LogP contribution is 2.44. The summed E-state index contributed by atoms with van der Waals surface area (Å²) in [5, 5.41) is 12.1. The lowest BCUT2D eigenvalue weighted by atomic mass is 9.98. The SMILES string of the molecule is C=CCOC(=O)N[C@@H]1C[C@H](C(=O)O)N(C(=O)OCC2c3ccccc3-c3ccccc32)C1. The largest absolute Gasteiger partial charge is 0.480 e. The summed E-state index contributed by atoms with van der Waals surface area (Å²) in [6, 6.07) is 14.3. The smallest absolute Gasteiger partial charge is 0.410 e. The Bertz CT molecular complexity index is 1010. The number of carboxylic acids is 1. The Balaban J connectivity index is 1.44. The molecule has 0 bridgehead atoms. The number of aliphatic carboxylic acids is 1. The van der Waals surface area contributed by atoms with Gasteiger partial charge in [0.1, 0.15) is 19.3 Å². The third kappa shape index (κ3) is 4.16.